The molecule has 1 saturated heterocycles. The summed E-state index contributed by atoms with van der Waals surface area (Å²) < 4.78 is 1.73. The highest BCUT2D eigenvalue weighted by Crippen LogP contribution is 2.39. The van der Waals surface area contributed by atoms with Gasteiger partial charge in [0.25, 0.3) is 5.95 Å². The predicted octanol–water partition coefficient (Wildman–Crippen LogP) is 4.44. The molecule has 1 fully saturated rings. The topological polar surface area (TPSA) is 80.1 Å². The lowest BCUT2D eigenvalue weighted by Gasteiger charge is -2.24. The van der Waals surface area contributed by atoms with Crippen LogP contribution in [-0.4, -0.2) is 26.6 Å². The van der Waals surface area contributed by atoms with Crippen LogP contribution in [0.2, 0.25) is 5.02 Å². The van der Waals surface area contributed by atoms with Crippen molar-refractivity contribution in [1.82, 2.24) is 14.8 Å². The number of allylic oxidation sites excluding steroid dienone is 3. The Kier molecular flexibility index (Phi) is 4.66. The van der Waals surface area contributed by atoms with Crippen LogP contribution in [0.1, 0.15) is 30.0 Å². The summed E-state index contributed by atoms with van der Waals surface area (Å²) >= 11 is 6.07. The largest absolute Gasteiger partial charge is 0.324 e. The average molecular weight is 458 g/mol. The molecular formula is C25H20ClN5O2. The van der Waals surface area contributed by atoms with Crippen LogP contribution in [0.5, 0.6) is 0 Å². The molecule has 3 aliphatic rings. The minimum atomic E-state index is -0.330. The summed E-state index contributed by atoms with van der Waals surface area (Å²) in [6, 6.07) is 17.2. The van der Waals surface area contributed by atoms with Crippen molar-refractivity contribution in [2.24, 2.45) is 11.8 Å². The number of benzene rings is 2. The number of halogens is 1. The fourth-order valence-corrected chi connectivity index (χ4v) is 4.89. The van der Waals surface area contributed by atoms with E-state index < -0.39 is 0 Å². The van der Waals surface area contributed by atoms with E-state index in [1.165, 1.54) is 4.90 Å². The van der Waals surface area contributed by atoms with E-state index in [4.69, 9.17) is 11.6 Å². The van der Waals surface area contributed by atoms with Crippen LogP contribution in [0.15, 0.2) is 72.8 Å². The lowest BCUT2D eigenvalue weighted by atomic mass is 9.85. The summed E-state index contributed by atoms with van der Waals surface area (Å²) in [5.41, 5.74) is 2.81. The highest BCUT2D eigenvalue weighted by Gasteiger charge is 2.49. The summed E-state index contributed by atoms with van der Waals surface area (Å²) in [7, 11) is 0. The van der Waals surface area contributed by atoms with Gasteiger partial charge in [0.1, 0.15) is 6.04 Å². The zero-order valence-electron chi connectivity index (χ0n) is 17.6. The van der Waals surface area contributed by atoms with Crippen molar-refractivity contribution in [3.63, 3.8) is 0 Å². The van der Waals surface area contributed by atoms with E-state index in [0.29, 0.717) is 23.8 Å². The van der Waals surface area contributed by atoms with Crippen LogP contribution in [-0.2, 0) is 9.59 Å². The van der Waals surface area contributed by atoms with Crippen LogP contribution < -0.4 is 10.2 Å². The Hall–Kier alpha value is -3.71. The Bertz CT molecular complexity index is 1290. The van der Waals surface area contributed by atoms with E-state index in [0.717, 1.165) is 16.8 Å². The summed E-state index contributed by atoms with van der Waals surface area (Å²) in [6.45, 7) is 0. The molecule has 1 aromatic heterocycles. The van der Waals surface area contributed by atoms with Gasteiger partial charge in [0.05, 0.1) is 11.8 Å². The first-order valence-corrected chi connectivity index (χ1v) is 11.3. The predicted molar refractivity (Wildman–Crippen MR) is 126 cm³/mol. The summed E-state index contributed by atoms with van der Waals surface area (Å²) in [4.78, 5) is 31.9. The van der Waals surface area contributed by atoms with Gasteiger partial charge in [-0.15, -0.1) is 5.10 Å². The van der Waals surface area contributed by atoms with E-state index >= 15 is 0 Å². The van der Waals surface area contributed by atoms with Crippen LogP contribution in [0, 0.1) is 11.8 Å². The smallest absolute Gasteiger partial charge is 0.260 e. The van der Waals surface area contributed by atoms with Gasteiger partial charge in [0.15, 0.2) is 0 Å². The quantitative estimate of drug-likeness (QED) is 0.464. The van der Waals surface area contributed by atoms with Gasteiger partial charge < -0.3 is 5.32 Å². The lowest BCUT2D eigenvalue weighted by molar-refractivity contribution is -0.122. The number of anilines is 2. The second-order valence-corrected chi connectivity index (χ2v) is 8.85. The molecule has 1 aliphatic carbocycles. The molecule has 0 bridgehead atoms. The van der Waals surface area contributed by atoms with Crippen LogP contribution in [0.25, 0.3) is 5.70 Å². The number of aromatic nitrogens is 3. The molecule has 1 N–H and O–H groups in total. The van der Waals surface area contributed by atoms with E-state index in [1.54, 1.807) is 4.68 Å². The Morgan fingerprint density at radius 1 is 0.909 bits per heavy atom. The van der Waals surface area contributed by atoms with Gasteiger partial charge in [0, 0.05) is 10.7 Å². The number of nitrogens with zero attached hydrogens (tertiary/aromatic N) is 4. The maximum atomic E-state index is 13.1. The molecule has 164 valence electrons. The van der Waals surface area contributed by atoms with E-state index in [1.807, 2.05) is 66.7 Å². The fraction of sp³-hybridized carbons (Fsp3) is 0.200. The SMILES string of the molecule is O=C1[C@H]2CC=CC[C@H]2C(=O)N1c1nc2n(n1)[C@H](c1ccccc1)C=C(c1ccc(Cl)cc1)N2. The van der Waals surface area contributed by atoms with E-state index in [2.05, 4.69) is 21.5 Å². The zero-order valence-corrected chi connectivity index (χ0v) is 18.3. The molecular weight excluding hydrogens is 438 g/mol. The van der Waals surface area contributed by atoms with Crippen molar-refractivity contribution in [1.29, 1.82) is 0 Å². The van der Waals surface area contributed by atoms with Gasteiger partial charge in [-0.3, -0.25) is 9.59 Å². The number of imide groups is 1. The molecule has 0 radical (unpaired) electrons. The standard InChI is InChI=1S/C25H20ClN5O2/c26-17-12-10-15(11-13-17)20-14-21(16-6-2-1-3-7-16)31-24(27-20)28-25(29-31)30-22(32)18-8-4-5-9-19(18)23(30)33/h1-7,10-14,18-19,21H,8-9H2,(H,27,28,29)/t18-,19+,21-/m0/s1. The van der Waals surface area contributed by atoms with Gasteiger partial charge >= 0.3 is 0 Å². The second-order valence-electron chi connectivity index (χ2n) is 8.42. The van der Waals surface area contributed by atoms with Crippen LogP contribution >= 0.6 is 11.6 Å². The minimum absolute atomic E-state index is 0.119. The normalized spacial score (nSPS) is 23.7. The molecule has 33 heavy (non-hydrogen) atoms. The number of carbonyl (C=O) groups excluding carboxylic acids is 2. The minimum Gasteiger partial charge on any atom is -0.324 e. The first kappa shape index (κ1) is 19.9. The second kappa shape index (κ2) is 7.71. The van der Waals surface area contributed by atoms with Gasteiger partial charge in [-0.25, -0.2) is 9.58 Å². The lowest BCUT2D eigenvalue weighted by Crippen LogP contribution is -2.32. The average Bonchev–Trinajstić information content (AvgIpc) is 3.38. The number of fused-ring (bicyclic) bond motifs is 2. The maximum Gasteiger partial charge on any atom is 0.260 e. The number of hydrogen-bond acceptors (Lipinski definition) is 5. The first-order valence-electron chi connectivity index (χ1n) is 10.9. The molecule has 3 aromatic rings. The fourth-order valence-electron chi connectivity index (χ4n) is 4.76. The molecule has 3 heterocycles. The van der Waals surface area contributed by atoms with Gasteiger partial charge in [-0.2, -0.15) is 4.98 Å². The molecule has 0 saturated carbocycles. The third-order valence-electron chi connectivity index (χ3n) is 6.46. The highest BCUT2D eigenvalue weighted by molar-refractivity contribution is 6.30. The molecule has 2 aromatic carbocycles. The number of rotatable bonds is 3. The zero-order chi connectivity index (χ0) is 22.5. The first-order chi connectivity index (χ1) is 16.1. The van der Waals surface area contributed by atoms with Crippen molar-refractivity contribution in [2.75, 3.05) is 10.2 Å². The van der Waals surface area contributed by atoms with Crippen molar-refractivity contribution in [3.05, 3.63) is 89.0 Å². The van der Waals surface area contributed by atoms with E-state index in [9.17, 15) is 9.59 Å². The summed E-state index contributed by atoms with van der Waals surface area (Å²) in [6.07, 6.45) is 7.15. The van der Waals surface area contributed by atoms with Crippen molar-refractivity contribution in [2.45, 2.75) is 18.9 Å². The number of carbonyl (C=O) groups is 2. The molecule has 2 amide bonds. The third kappa shape index (κ3) is 3.27. The molecule has 6 rings (SSSR count). The molecule has 3 atom stereocenters. The van der Waals surface area contributed by atoms with Gasteiger partial charge in [-0.1, -0.05) is 66.2 Å². The Morgan fingerprint density at radius 2 is 1.58 bits per heavy atom. The number of amides is 2. The van der Waals surface area contributed by atoms with E-state index in [-0.39, 0.29) is 35.6 Å². The molecule has 7 nitrogen and oxygen atoms in total. The third-order valence-corrected chi connectivity index (χ3v) is 6.71. The number of hydrogen-bond donors (Lipinski definition) is 1. The Balaban J connectivity index is 1.42. The summed E-state index contributed by atoms with van der Waals surface area (Å²) in [5, 5.41) is 8.60. The van der Waals surface area contributed by atoms with Crippen LogP contribution in [0.4, 0.5) is 11.9 Å². The van der Waals surface area contributed by atoms with Gasteiger partial charge in [-0.05, 0) is 42.2 Å². The molecule has 0 unspecified atom stereocenters. The Morgan fingerprint density at radius 3 is 2.24 bits per heavy atom. The monoisotopic (exact) mass is 457 g/mol. The Labute approximate surface area is 195 Å². The van der Waals surface area contributed by atoms with Gasteiger partial charge in [0.2, 0.25) is 17.8 Å². The molecule has 8 heteroatoms. The highest BCUT2D eigenvalue weighted by atomic mass is 35.5. The van der Waals surface area contributed by atoms with Crippen molar-refractivity contribution < 1.29 is 9.59 Å². The van der Waals surface area contributed by atoms with Crippen molar-refractivity contribution in [3.8, 4) is 0 Å². The van der Waals surface area contributed by atoms with Crippen molar-refractivity contribution >= 4 is 41.0 Å². The number of nitrogens with one attached hydrogen (secondary N) is 1. The van der Waals surface area contributed by atoms with Crippen LogP contribution in [0.3, 0.4) is 0 Å². The maximum absolute atomic E-state index is 13.1. The molecule has 0 spiro atoms. The summed E-state index contributed by atoms with van der Waals surface area (Å²) in [5.74, 6) is -0.514. The molecule has 2 aliphatic heterocycles.